The van der Waals surface area contributed by atoms with E-state index in [1.165, 1.54) is 12.8 Å². The van der Waals surface area contributed by atoms with Crippen molar-refractivity contribution >= 4 is 22.6 Å². The molecular formula is C8H14BrNO. The van der Waals surface area contributed by atoms with Crippen LogP contribution in [0.25, 0.3) is 0 Å². The number of alkyl halides is 1. The summed E-state index contributed by atoms with van der Waals surface area (Å²) in [5, 5.41) is 11.9. The quantitative estimate of drug-likeness (QED) is 0.230. The van der Waals surface area contributed by atoms with Gasteiger partial charge in [-0.3, -0.25) is 0 Å². The molecule has 0 aromatic heterocycles. The first-order valence-electron chi connectivity index (χ1n) is 4.07. The van der Waals surface area contributed by atoms with E-state index in [0.29, 0.717) is 5.92 Å². The second kappa shape index (κ2) is 4.10. The summed E-state index contributed by atoms with van der Waals surface area (Å²) in [7, 11) is 0. The molecular weight excluding hydrogens is 206 g/mol. The fourth-order valence-electron chi connectivity index (χ4n) is 1.66. The van der Waals surface area contributed by atoms with Crippen molar-refractivity contribution in [2.45, 2.75) is 31.7 Å². The van der Waals surface area contributed by atoms with Crippen molar-refractivity contribution in [1.29, 1.82) is 0 Å². The fraction of sp³-hybridized carbons (Fsp3) is 0.875. The molecule has 0 amide bonds. The second-order valence-electron chi connectivity index (χ2n) is 3.26. The van der Waals surface area contributed by atoms with Gasteiger partial charge in [-0.1, -0.05) is 15.9 Å². The normalized spacial score (nSPS) is 31.7. The molecule has 2 unspecified atom stereocenters. The maximum Gasteiger partial charge on any atom is 0.162 e. The molecule has 0 saturated heterocycles. The summed E-state index contributed by atoms with van der Waals surface area (Å²) in [6.07, 6.45) is 4.47. The third-order valence-electron chi connectivity index (χ3n) is 2.38. The van der Waals surface area contributed by atoms with Gasteiger partial charge >= 0.3 is 0 Å². The molecule has 0 aromatic carbocycles. The highest BCUT2D eigenvalue weighted by atomic mass is 79.9. The summed E-state index contributed by atoms with van der Waals surface area (Å²) in [5.74, 6) is 0.687. The van der Waals surface area contributed by atoms with Crippen LogP contribution in [0.3, 0.4) is 0 Å². The Morgan fingerprint density at radius 2 is 2.27 bits per heavy atom. The van der Waals surface area contributed by atoms with Crippen LogP contribution in [0.4, 0.5) is 0 Å². The molecule has 64 valence electrons. The van der Waals surface area contributed by atoms with Crippen molar-refractivity contribution in [3.8, 4) is 0 Å². The first-order chi connectivity index (χ1) is 5.24. The number of hydroxylamine groups is 1. The average molecular weight is 220 g/mol. The average Bonchev–Trinajstić information content (AvgIpc) is 2.05. The second-order valence-corrected chi connectivity index (χ2v) is 3.91. The van der Waals surface area contributed by atoms with Gasteiger partial charge in [-0.05, 0) is 18.8 Å². The van der Waals surface area contributed by atoms with E-state index in [4.69, 9.17) is 0 Å². The van der Waals surface area contributed by atoms with E-state index in [0.717, 1.165) is 22.9 Å². The molecule has 0 bridgehead atoms. The maximum atomic E-state index is 10.9. The predicted octanol–water partition coefficient (Wildman–Crippen LogP) is 2.15. The molecule has 2 nitrogen and oxygen atoms in total. The zero-order chi connectivity index (χ0) is 8.27. The van der Waals surface area contributed by atoms with Gasteiger partial charge in [-0.15, -0.1) is 0 Å². The number of hydrogen-bond acceptors (Lipinski definition) is 1. The van der Waals surface area contributed by atoms with E-state index in [1.54, 1.807) is 0 Å². The molecule has 0 heterocycles. The SMILES string of the molecule is C=[N+]([O-])C1CCCC(CBr)C1. The minimum atomic E-state index is 0.172. The summed E-state index contributed by atoms with van der Waals surface area (Å²) >= 11 is 3.45. The van der Waals surface area contributed by atoms with Crippen LogP contribution in [0.1, 0.15) is 25.7 Å². The Morgan fingerprint density at radius 3 is 2.82 bits per heavy atom. The Labute approximate surface area is 76.0 Å². The smallest absolute Gasteiger partial charge is 0.162 e. The molecule has 1 rings (SSSR count). The lowest BCUT2D eigenvalue weighted by molar-refractivity contribution is -0.498. The highest BCUT2D eigenvalue weighted by Gasteiger charge is 2.25. The Bertz CT molecular complexity index is 149. The van der Waals surface area contributed by atoms with Gasteiger partial charge in [0, 0.05) is 18.2 Å². The lowest BCUT2D eigenvalue weighted by atomic mass is 9.87. The number of halogens is 1. The summed E-state index contributed by atoms with van der Waals surface area (Å²) in [6, 6.07) is 0.172. The lowest BCUT2D eigenvalue weighted by Crippen LogP contribution is -2.28. The van der Waals surface area contributed by atoms with Gasteiger partial charge < -0.3 is 5.21 Å². The van der Waals surface area contributed by atoms with Crippen molar-refractivity contribution in [2.24, 2.45) is 5.92 Å². The fourth-order valence-corrected chi connectivity index (χ4v) is 2.25. The number of rotatable bonds is 2. The Morgan fingerprint density at radius 1 is 1.55 bits per heavy atom. The van der Waals surface area contributed by atoms with Crippen LogP contribution in [-0.2, 0) is 0 Å². The van der Waals surface area contributed by atoms with Gasteiger partial charge in [0.25, 0.3) is 0 Å². The molecule has 1 aliphatic rings. The molecule has 1 fully saturated rings. The van der Waals surface area contributed by atoms with Gasteiger partial charge in [0.2, 0.25) is 0 Å². The first-order valence-corrected chi connectivity index (χ1v) is 5.19. The number of nitrogens with zero attached hydrogens (tertiary/aromatic N) is 1. The lowest BCUT2D eigenvalue weighted by Gasteiger charge is -2.25. The summed E-state index contributed by atoms with van der Waals surface area (Å²) in [4.78, 5) is 0. The molecule has 1 aliphatic carbocycles. The Hall–Kier alpha value is -0.0500. The van der Waals surface area contributed by atoms with E-state index in [9.17, 15) is 5.21 Å². The molecule has 3 heteroatoms. The molecule has 2 atom stereocenters. The molecule has 11 heavy (non-hydrogen) atoms. The topological polar surface area (TPSA) is 26.1 Å². The maximum absolute atomic E-state index is 10.9. The highest BCUT2D eigenvalue weighted by molar-refractivity contribution is 9.09. The van der Waals surface area contributed by atoms with E-state index < -0.39 is 0 Å². The Balaban J connectivity index is 2.39. The monoisotopic (exact) mass is 219 g/mol. The van der Waals surface area contributed by atoms with Crippen LogP contribution < -0.4 is 0 Å². The van der Waals surface area contributed by atoms with Crippen LogP contribution >= 0.6 is 15.9 Å². The Kier molecular flexibility index (Phi) is 3.37. The van der Waals surface area contributed by atoms with E-state index in [2.05, 4.69) is 22.6 Å². The van der Waals surface area contributed by atoms with Crippen molar-refractivity contribution in [3.63, 3.8) is 0 Å². The van der Waals surface area contributed by atoms with Crippen molar-refractivity contribution in [1.82, 2.24) is 0 Å². The molecule has 1 saturated carbocycles. The minimum Gasteiger partial charge on any atom is -0.624 e. The number of hydrogen-bond donors (Lipinski definition) is 0. The van der Waals surface area contributed by atoms with Crippen LogP contribution in [-0.4, -0.2) is 22.8 Å². The third kappa shape index (κ3) is 2.47. The van der Waals surface area contributed by atoms with Crippen molar-refractivity contribution < 1.29 is 4.74 Å². The highest BCUT2D eigenvalue weighted by Crippen LogP contribution is 2.26. The molecule has 0 spiro atoms. The van der Waals surface area contributed by atoms with E-state index in [-0.39, 0.29) is 6.04 Å². The van der Waals surface area contributed by atoms with Gasteiger partial charge in [-0.25, -0.2) is 4.74 Å². The van der Waals surface area contributed by atoms with E-state index in [1.807, 2.05) is 0 Å². The van der Waals surface area contributed by atoms with Crippen molar-refractivity contribution in [2.75, 3.05) is 5.33 Å². The first kappa shape index (κ1) is 9.04. The third-order valence-corrected chi connectivity index (χ3v) is 3.30. The van der Waals surface area contributed by atoms with Crippen molar-refractivity contribution in [3.05, 3.63) is 5.21 Å². The van der Waals surface area contributed by atoms with Gasteiger partial charge in [0.05, 0.1) is 0 Å². The standard InChI is InChI=1S/C8H14BrNO/c1-10(11)8-4-2-3-7(5-8)6-9/h7-8H,1-6H2. The molecule has 0 radical (unpaired) electrons. The molecule has 0 N–H and O–H groups in total. The zero-order valence-electron chi connectivity index (χ0n) is 6.63. The zero-order valence-corrected chi connectivity index (χ0v) is 8.22. The van der Waals surface area contributed by atoms with Crippen LogP contribution in [0.2, 0.25) is 0 Å². The largest absolute Gasteiger partial charge is 0.624 e. The summed E-state index contributed by atoms with van der Waals surface area (Å²) in [6.45, 7) is 3.39. The van der Waals surface area contributed by atoms with Crippen LogP contribution in [0, 0.1) is 11.1 Å². The molecule has 0 aromatic rings. The summed E-state index contributed by atoms with van der Waals surface area (Å²) in [5.41, 5.74) is 0. The van der Waals surface area contributed by atoms with E-state index >= 15 is 0 Å². The minimum absolute atomic E-state index is 0.172. The predicted molar refractivity (Wildman–Crippen MR) is 50.3 cm³/mol. The van der Waals surface area contributed by atoms with Crippen LogP contribution in [0.5, 0.6) is 0 Å². The van der Waals surface area contributed by atoms with Crippen LogP contribution in [0.15, 0.2) is 0 Å². The molecule has 0 aliphatic heterocycles. The summed E-state index contributed by atoms with van der Waals surface area (Å²) < 4.78 is 0.870. The van der Waals surface area contributed by atoms with Gasteiger partial charge in [0.1, 0.15) is 6.72 Å². The van der Waals surface area contributed by atoms with Gasteiger partial charge in [0.15, 0.2) is 6.04 Å². The van der Waals surface area contributed by atoms with Gasteiger partial charge in [-0.2, -0.15) is 0 Å².